The number of halogens is 2. The summed E-state index contributed by atoms with van der Waals surface area (Å²) in [6.07, 6.45) is 0. The molecule has 1 amide bonds. The molecule has 9 heteroatoms. The quantitative estimate of drug-likeness (QED) is 0.426. The minimum absolute atomic E-state index is 0.00184. The average Bonchev–Trinajstić information content (AvgIpc) is 3.29. The largest absolute Gasteiger partial charge is 0.493 e. The number of benzene rings is 2. The maximum atomic E-state index is 12.2. The van der Waals surface area contributed by atoms with Crippen molar-refractivity contribution in [2.75, 3.05) is 0 Å². The maximum Gasteiger partial charge on any atom is 0.317 e. The highest BCUT2D eigenvalue weighted by atomic mass is 35.5. The number of rotatable bonds is 3. The molecule has 27 heavy (non-hydrogen) atoms. The first kappa shape index (κ1) is 17.3. The third-order valence-corrected chi connectivity index (χ3v) is 4.65. The number of aromatic nitrogens is 2. The van der Waals surface area contributed by atoms with Gasteiger partial charge in [-0.2, -0.15) is 0 Å². The van der Waals surface area contributed by atoms with Crippen molar-refractivity contribution in [2.24, 2.45) is 10.2 Å². The lowest BCUT2D eigenvalue weighted by molar-refractivity contribution is 0.0986. The molecule has 0 atom stereocenters. The molecule has 2 aromatic carbocycles. The second-order valence-electron chi connectivity index (χ2n) is 5.55. The van der Waals surface area contributed by atoms with Crippen LogP contribution in [0.5, 0.6) is 5.88 Å². The lowest BCUT2D eigenvalue weighted by Crippen LogP contribution is -1.92. The van der Waals surface area contributed by atoms with E-state index in [1.807, 2.05) is 30.3 Å². The number of fused-ring (bicyclic) bond motifs is 1. The van der Waals surface area contributed by atoms with E-state index in [0.29, 0.717) is 21.7 Å². The zero-order valence-corrected chi connectivity index (χ0v) is 15.0. The smallest absolute Gasteiger partial charge is 0.317 e. The van der Waals surface area contributed by atoms with Gasteiger partial charge in [0.05, 0.1) is 15.6 Å². The van der Waals surface area contributed by atoms with Crippen LogP contribution in [0, 0.1) is 0 Å². The standard InChI is InChI=1S/C18H10Cl2N4O3/c19-11-7-6-10-15(14(11)20)21-18(26)16(10)22-23-17(25)12-8-13(27-24-12)9-4-2-1-3-5-9/h1-8,21,26H. The van der Waals surface area contributed by atoms with Crippen molar-refractivity contribution in [1.29, 1.82) is 0 Å². The Labute approximate surface area is 162 Å². The Bertz CT molecular complexity index is 1180. The molecule has 0 bridgehead atoms. The van der Waals surface area contributed by atoms with E-state index in [4.69, 9.17) is 27.7 Å². The number of nitrogens with zero attached hydrogens (tertiary/aromatic N) is 3. The Hall–Kier alpha value is -3.16. The second kappa shape index (κ2) is 6.86. The number of aromatic hydroxyl groups is 1. The summed E-state index contributed by atoms with van der Waals surface area (Å²) >= 11 is 12.0. The first-order valence-corrected chi connectivity index (χ1v) is 8.47. The van der Waals surface area contributed by atoms with Gasteiger partial charge in [-0.25, -0.2) is 0 Å². The van der Waals surface area contributed by atoms with E-state index in [1.54, 1.807) is 12.1 Å². The summed E-state index contributed by atoms with van der Waals surface area (Å²) in [4.78, 5) is 14.9. The number of hydrogen-bond donors (Lipinski definition) is 2. The van der Waals surface area contributed by atoms with Crippen LogP contribution < -0.4 is 0 Å². The molecule has 0 saturated heterocycles. The molecular weight excluding hydrogens is 391 g/mol. The summed E-state index contributed by atoms with van der Waals surface area (Å²) in [6, 6.07) is 13.9. The summed E-state index contributed by atoms with van der Waals surface area (Å²) in [5, 5.41) is 22.2. The molecule has 134 valence electrons. The minimum atomic E-state index is -0.713. The molecule has 4 aromatic rings. The summed E-state index contributed by atoms with van der Waals surface area (Å²) in [7, 11) is 0. The highest BCUT2D eigenvalue weighted by Gasteiger charge is 2.17. The molecule has 7 nitrogen and oxygen atoms in total. The van der Waals surface area contributed by atoms with Crippen LogP contribution in [0.15, 0.2) is 63.3 Å². The van der Waals surface area contributed by atoms with Crippen molar-refractivity contribution in [3.63, 3.8) is 0 Å². The van der Waals surface area contributed by atoms with Gasteiger partial charge in [0, 0.05) is 17.0 Å². The second-order valence-corrected chi connectivity index (χ2v) is 6.34. The van der Waals surface area contributed by atoms with E-state index in [2.05, 4.69) is 20.4 Å². The highest BCUT2D eigenvalue weighted by Crippen LogP contribution is 2.40. The maximum absolute atomic E-state index is 12.2. The lowest BCUT2D eigenvalue weighted by atomic mass is 10.2. The summed E-state index contributed by atoms with van der Waals surface area (Å²) in [5.74, 6) is -0.559. The van der Waals surface area contributed by atoms with Crippen molar-refractivity contribution in [1.82, 2.24) is 10.1 Å². The Morgan fingerprint density at radius 1 is 1.15 bits per heavy atom. The van der Waals surface area contributed by atoms with Gasteiger partial charge >= 0.3 is 5.91 Å². The molecule has 0 radical (unpaired) electrons. The van der Waals surface area contributed by atoms with E-state index in [1.165, 1.54) is 6.07 Å². The van der Waals surface area contributed by atoms with Gasteiger partial charge in [0.2, 0.25) is 5.88 Å². The number of aromatic amines is 1. The predicted molar refractivity (Wildman–Crippen MR) is 101 cm³/mol. The molecule has 0 unspecified atom stereocenters. The van der Waals surface area contributed by atoms with Crippen LogP contribution in [-0.2, 0) is 0 Å². The van der Waals surface area contributed by atoms with Gasteiger partial charge in [-0.1, -0.05) is 58.7 Å². The number of azo groups is 1. The van der Waals surface area contributed by atoms with Crippen molar-refractivity contribution in [3.05, 3.63) is 64.3 Å². The number of carbonyl (C=O) groups excluding carboxylic acids is 1. The van der Waals surface area contributed by atoms with Gasteiger partial charge in [0.1, 0.15) is 0 Å². The molecule has 2 aromatic heterocycles. The molecule has 0 aliphatic rings. The fraction of sp³-hybridized carbons (Fsp3) is 0. The number of nitrogens with one attached hydrogen (secondary N) is 1. The van der Waals surface area contributed by atoms with Gasteiger partial charge in [-0.15, -0.1) is 10.2 Å². The number of amides is 1. The van der Waals surface area contributed by atoms with Crippen LogP contribution in [0.25, 0.3) is 22.2 Å². The predicted octanol–water partition coefficient (Wildman–Crippen LogP) is 5.76. The Balaban J connectivity index is 1.63. The highest BCUT2D eigenvalue weighted by molar-refractivity contribution is 6.45. The van der Waals surface area contributed by atoms with E-state index < -0.39 is 5.91 Å². The Morgan fingerprint density at radius 2 is 1.93 bits per heavy atom. The monoisotopic (exact) mass is 400 g/mol. The molecule has 0 aliphatic heterocycles. The molecule has 2 heterocycles. The van der Waals surface area contributed by atoms with Crippen LogP contribution in [0.2, 0.25) is 10.0 Å². The van der Waals surface area contributed by atoms with Crippen LogP contribution in [-0.4, -0.2) is 21.2 Å². The van der Waals surface area contributed by atoms with Crippen molar-refractivity contribution < 1.29 is 14.4 Å². The molecule has 2 N–H and O–H groups in total. The molecule has 0 fully saturated rings. The third-order valence-electron chi connectivity index (χ3n) is 3.85. The van der Waals surface area contributed by atoms with Gasteiger partial charge in [-0.3, -0.25) is 4.79 Å². The molecule has 0 saturated carbocycles. The van der Waals surface area contributed by atoms with Gasteiger partial charge < -0.3 is 14.6 Å². The van der Waals surface area contributed by atoms with Gasteiger partial charge in [-0.05, 0) is 12.1 Å². The molecule has 4 rings (SSSR count). The summed E-state index contributed by atoms with van der Waals surface area (Å²) in [6.45, 7) is 0. The molecule has 0 spiro atoms. The number of hydrogen-bond acceptors (Lipinski definition) is 5. The topological polar surface area (TPSA) is 104 Å². The van der Waals surface area contributed by atoms with Crippen LogP contribution in [0.4, 0.5) is 5.69 Å². The van der Waals surface area contributed by atoms with E-state index in [9.17, 15) is 9.90 Å². The van der Waals surface area contributed by atoms with Crippen molar-refractivity contribution in [3.8, 4) is 17.2 Å². The minimum Gasteiger partial charge on any atom is -0.493 e. The van der Waals surface area contributed by atoms with Crippen molar-refractivity contribution >= 4 is 45.7 Å². The molecular formula is C18H10Cl2N4O3. The first-order valence-electron chi connectivity index (χ1n) is 7.71. The first-order chi connectivity index (χ1) is 13.0. The fourth-order valence-corrected chi connectivity index (χ4v) is 2.91. The van der Waals surface area contributed by atoms with Crippen molar-refractivity contribution in [2.45, 2.75) is 0 Å². The SMILES string of the molecule is O=C(N=Nc1c(O)[nH]c2c(Cl)c(Cl)ccc12)c1cc(-c2ccccc2)on1. The zero-order chi connectivity index (χ0) is 19.0. The third kappa shape index (κ3) is 3.18. The van der Waals surface area contributed by atoms with E-state index in [-0.39, 0.29) is 22.3 Å². The van der Waals surface area contributed by atoms with E-state index in [0.717, 1.165) is 5.56 Å². The Morgan fingerprint density at radius 3 is 2.70 bits per heavy atom. The number of carbonyl (C=O) groups is 1. The molecule has 0 aliphatic carbocycles. The average molecular weight is 401 g/mol. The van der Waals surface area contributed by atoms with E-state index >= 15 is 0 Å². The lowest BCUT2D eigenvalue weighted by Gasteiger charge is -1.96. The zero-order valence-electron chi connectivity index (χ0n) is 13.5. The van der Waals surface area contributed by atoms with Crippen LogP contribution in [0.1, 0.15) is 10.5 Å². The van der Waals surface area contributed by atoms with Gasteiger partial charge in [0.15, 0.2) is 17.1 Å². The van der Waals surface area contributed by atoms with Crippen LogP contribution in [0.3, 0.4) is 0 Å². The van der Waals surface area contributed by atoms with Crippen LogP contribution >= 0.6 is 23.2 Å². The summed E-state index contributed by atoms with van der Waals surface area (Å²) < 4.78 is 5.17. The fourth-order valence-electron chi connectivity index (χ4n) is 2.54. The Kier molecular flexibility index (Phi) is 4.39. The normalized spacial score (nSPS) is 11.5. The summed E-state index contributed by atoms with van der Waals surface area (Å²) in [5.41, 5.74) is 1.25. The number of H-pyrrole nitrogens is 1. The van der Waals surface area contributed by atoms with Gasteiger partial charge in [0.25, 0.3) is 0 Å².